The first kappa shape index (κ1) is 31.9. The van der Waals surface area contributed by atoms with Gasteiger partial charge in [0.1, 0.15) is 18.3 Å². The van der Waals surface area contributed by atoms with Crippen LogP contribution in [-0.4, -0.2) is 50.9 Å². The highest BCUT2D eigenvalue weighted by atomic mass is 19.2. The average Bonchev–Trinajstić information content (AvgIpc) is 3.45. The molecule has 1 aromatic heterocycles. The lowest BCUT2D eigenvalue weighted by atomic mass is 9.97. The van der Waals surface area contributed by atoms with Gasteiger partial charge in [-0.1, -0.05) is 36.8 Å². The van der Waals surface area contributed by atoms with Crippen LogP contribution in [-0.2, 0) is 34.0 Å². The number of nitrogens with zero attached hydrogens (tertiary/aromatic N) is 3. The third kappa shape index (κ3) is 7.30. The summed E-state index contributed by atoms with van der Waals surface area (Å²) >= 11 is 0. The normalized spacial score (nSPS) is 12.7. The number of carbonyl (C=O) groups is 3. The Bertz CT molecular complexity index is 1660. The Hall–Kier alpha value is -5.01. The standard InChI is InChI=1S/C30H30F2N6O3.CH2O2/c31-23-12-20(16-41-29(40)25(34)7-3-4-10-33)21(13-24(23)32)17-8-9-26-22(11-17)27(37-30(35)36-26)28(39)38-14-18-5-1-2-6-19(18)15-38;2-1-3/h1-2,5-6,8-9,11-13,25H,3-4,7,10,14-16,33-34H2,(H2,35,36,37);1H,(H,2,3)/t25-;/m0./s1. The number of benzene rings is 3. The number of carboxylic acid groups (broad SMARTS) is 1. The fourth-order valence-electron chi connectivity index (χ4n) is 4.96. The summed E-state index contributed by atoms with van der Waals surface area (Å²) in [6.07, 6.45) is 1.78. The number of halogens is 2. The number of nitrogens with two attached hydrogens (primary N) is 3. The second-order valence-electron chi connectivity index (χ2n) is 10.1. The van der Waals surface area contributed by atoms with Crippen molar-refractivity contribution in [1.29, 1.82) is 0 Å². The Morgan fingerprint density at radius 1 is 1.02 bits per heavy atom. The zero-order valence-corrected chi connectivity index (χ0v) is 23.7. The molecule has 0 radical (unpaired) electrons. The zero-order valence-electron chi connectivity index (χ0n) is 23.7. The van der Waals surface area contributed by atoms with Crippen molar-refractivity contribution in [1.82, 2.24) is 14.9 Å². The second-order valence-corrected chi connectivity index (χ2v) is 10.1. The maximum atomic E-state index is 14.4. The van der Waals surface area contributed by atoms with E-state index in [-0.39, 0.29) is 41.8 Å². The molecule has 44 heavy (non-hydrogen) atoms. The van der Waals surface area contributed by atoms with Crippen LogP contribution < -0.4 is 17.2 Å². The van der Waals surface area contributed by atoms with Crippen molar-refractivity contribution in [2.24, 2.45) is 11.5 Å². The first-order chi connectivity index (χ1) is 21.2. The number of hydrogen-bond acceptors (Lipinski definition) is 9. The molecule has 3 aromatic carbocycles. The van der Waals surface area contributed by atoms with Gasteiger partial charge in [-0.3, -0.25) is 14.4 Å². The number of anilines is 1. The van der Waals surface area contributed by atoms with Crippen LogP contribution in [0, 0.1) is 11.6 Å². The van der Waals surface area contributed by atoms with E-state index in [4.69, 9.17) is 31.8 Å². The lowest BCUT2D eigenvalue weighted by Gasteiger charge is -2.17. The highest BCUT2D eigenvalue weighted by Gasteiger charge is 2.27. The molecule has 11 nitrogen and oxygen atoms in total. The van der Waals surface area contributed by atoms with E-state index in [1.807, 2.05) is 24.3 Å². The number of ether oxygens (including phenoxy) is 1. The number of hydrogen-bond donors (Lipinski definition) is 4. The number of amides is 1. The molecule has 2 heterocycles. The molecule has 1 amide bonds. The van der Waals surface area contributed by atoms with E-state index in [0.717, 1.165) is 29.7 Å². The van der Waals surface area contributed by atoms with E-state index < -0.39 is 23.6 Å². The number of fused-ring (bicyclic) bond motifs is 2. The summed E-state index contributed by atoms with van der Waals surface area (Å²) in [4.78, 5) is 44.6. The van der Waals surface area contributed by atoms with E-state index in [0.29, 0.717) is 48.9 Å². The number of aromatic nitrogens is 2. The first-order valence-electron chi connectivity index (χ1n) is 13.8. The highest BCUT2D eigenvalue weighted by Crippen LogP contribution is 2.32. The second kappa shape index (κ2) is 14.4. The highest BCUT2D eigenvalue weighted by molar-refractivity contribution is 6.06. The van der Waals surface area contributed by atoms with Crippen LogP contribution in [0.5, 0.6) is 0 Å². The fraction of sp³-hybridized carbons (Fsp3) is 0.258. The lowest BCUT2D eigenvalue weighted by Crippen LogP contribution is -2.32. The number of carbonyl (C=O) groups excluding carboxylic acids is 2. The summed E-state index contributed by atoms with van der Waals surface area (Å²) in [5.74, 6) is -3.21. The van der Waals surface area contributed by atoms with Crippen LogP contribution in [0.25, 0.3) is 22.0 Å². The van der Waals surface area contributed by atoms with E-state index in [1.54, 1.807) is 23.1 Å². The molecule has 5 rings (SSSR count). The number of unbranched alkanes of at least 4 members (excludes halogenated alkanes) is 1. The van der Waals surface area contributed by atoms with Crippen molar-refractivity contribution in [2.75, 3.05) is 12.3 Å². The van der Waals surface area contributed by atoms with Crippen molar-refractivity contribution in [2.45, 2.75) is 45.0 Å². The molecule has 0 bridgehead atoms. The number of esters is 1. The molecule has 0 spiro atoms. The van der Waals surface area contributed by atoms with Gasteiger partial charge in [-0.2, -0.15) is 0 Å². The average molecular weight is 607 g/mol. The summed E-state index contributed by atoms with van der Waals surface area (Å²) in [6, 6.07) is 13.8. The molecule has 0 saturated heterocycles. The van der Waals surface area contributed by atoms with Crippen LogP contribution in [0.4, 0.5) is 14.7 Å². The Morgan fingerprint density at radius 2 is 1.68 bits per heavy atom. The van der Waals surface area contributed by atoms with Gasteiger partial charge in [-0.15, -0.1) is 0 Å². The van der Waals surface area contributed by atoms with Crippen molar-refractivity contribution in [3.8, 4) is 11.1 Å². The van der Waals surface area contributed by atoms with Gasteiger partial charge < -0.3 is 31.9 Å². The summed E-state index contributed by atoms with van der Waals surface area (Å²) in [6.45, 7) is 0.757. The Kier molecular flexibility index (Phi) is 10.5. The molecule has 7 N–H and O–H groups in total. The summed E-state index contributed by atoms with van der Waals surface area (Å²) < 4.78 is 34.1. The van der Waals surface area contributed by atoms with Crippen LogP contribution in [0.3, 0.4) is 0 Å². The molecule has 1 atom stereocenters. The minimum Gasteiger partial charge on any atom is -0.483 e. The lowest BCUT2D eigenvalue weighted by molar-refractivity contribution is -0.146. The van der Waals surface area contributed by atoms with E-state index in [1.165, 1.54) is 0 Å². The summed E-state index contributed by atoms with van der Waals surface area (Å²) in [5.41, 5.74) is 20.9. The monoisotopic (exact) mass is 606 g/mol. The van der Waals surface area contributed by atoms with Gasteiger partial charge in [0.2, 0.25) is 5.95 Å². The van der Waals surface area contributed by atoms with Crippen LogP contribution in [0.1, 0.15) is 46.4 Å². The van der Waals surface area contributed by atoms with Gasteiger partial charge in [-0.25, -0.2) is 18.7 Å². The van der Waals surface area contributed by atoms with E-state index >= 15 is 0 Å². The largest absolute Gasteiger partial charge is 0.483 e. The SMILES string of the molecule is NCCCC[C@H](N)C(=O)OCc1cc(F)c(F)cc1-c1ccc2nc(N)nc(C(=O)N3Cc4ccccc4C3)c2c1.O=CO. The quantitative estimate of drug-likeness (QED) is 0.125. The van der Waals surface area contributed by atoms with Gasteiger partial charge in [0.05, 0.1) is 5.52 Å². The molecular weight excluding hydrogens is 574 g/mol. The maximum Gasteiger partial charge on any atom is 0.323 e. The minimum absolute atomic E-state index is 0.0615. The van der Waals surface area contributed by atoms with Gasteiger partial charge in [0.15, 0.2) is 11.6 Å². The third-order valence-electron chi connectivity index (χ3n) is 7.14. The molecule has 0 aliphatic carbocycles. The van der Waals surface area contributed by atoms with Crippen LogP contribution in [0.15, 0.2) is 54.6 Å². The van der Waals surface area contributed by atoms with Gasteiger partial charge in [0.25, 0.3) is 12.4 Å². The third-order valence-corrected chi connectivity index (χ3v) is 7.14. The van der Waals surface area contributed by atoms with Crippen molar-refractivity contribution in [3.63, 3.8) is 0 Å². The predicted octanol–water partition coefficient (Wildman–Crippen LogP) is 3.51. The molecule has 0 unspecified atom stereocenters. The van der Waals surface area contributed by atoms with Crippen molar-refractivity contribution >= 4 is 35.2 Å². The number of nitrogen functional groups attached to an aromatic ring is 1. The molecule has 0 fully saturated rings. The molecule has 0 saturated carbocycles. The van der Waals surface area contributed by atoms with Gasteiger partial charge in [0, 0.05) is 24.0 Å². The van der Waals surface area contributed by atoms with Gasteiger partial charge >= 0.3 is 5.97 Å². The minimum atomic E-state index is -1.09. The fourth-order valence-corrected chi connectivity index (χ4v) is 4.96. The van der Waals surface area contributed by atoms with E-state index in [9.17, 15) is 18.4 Å². The zero-order chi connectivity index (χ0) is 31.8. The predicted molar refractivity (Wildman–Crippen MR) is 159 cm³/mol. The van der Waals surface area contributed by atoms with Crippen LogP contribution in [0.2, 0.25) is 0 Å². The van der Waals surface area contributed by atoms with E-state index in [2.05, 4.69) is 9.97 Å². The molecule has 4 aromatic rings. The molecule has 230 valence electrons. The summed E-state index contributed by atoms with van der Waals surface area (Å²) in [7, 11) is 0. The Labute approximate surface area is 251 Å². The van der Waals surface area contributed by atoms with Crippen molar-refractivity contribution in [3.05, 3.63) is 88.6 Å². The first-order valence-corrected chi connectivity index (χ1v) is 13.8. The Balaban J connectivity index is 0.00000141. The van der Waals surface area contributed by atoms with Crippen LogP contribution >= 0.6 is 0 Å². The molecule has 13 heteroatoms. The molecule has 1 aliphatic heterocycles. The van der Waals surface area contributed by atoms with Crippen molar-refractivity contribution < 1.29 is 33.0 Å². The maximum absolute atomic E-state index is 14.4. The smallest absolute Gasteiger partial charge is 0.323 e. The van der Waals surface area contributed by atoms with Gasteiger partial charge in [-0.05, 0) is 65.9 Å². The molecular formula is C31H32F2N6O5. The topological polar surface area (TPSA) is 188 Å². The Morgan fingerprint density at radius 3 is 2.34 bits per heavy atom. The molecule has 1 aliphatic rings. The summed E-state index contributed by atoms with van der Waals surface area (Å²) in [5, 5.41) is 7.28. The number of rotatable bonds is 9.